The lowest BCUT2D eigenvalue weighted by molar-refractivity contribution is -0.142. The van der Waals surface area contributed by atoms with E-state index in [0.29, 0.717) is 25.1 Å². The Kier molecular flexibility index (Phi) is 6.42. The predicted molar refractivity (Wildman–Crippen MR) is 62.3 cm³/mol. The van der Waals surface area contributed by atoms with Gasteiger partial charge in [0.05, 0.1) is 19.8 Å². The van der Waals surface area contributed by atoms with Gasteiger partial charge >= 0.3 is 5.97 Å². The summed E-state index contributed by atoms with van der Waals surface area (Å²) in [5.41, 5.74) is 0. The van der Waals surface area contributed by atoms with Crippen LogP contribution in [0.15, 0.2) is 0 Å². The average Bonchev–Trinajstić information content (AvgIpc) is 2.79. The van der Waals surface area contributed by atoms with E-state index in [0.717, 1.165) is 32.5 Å². The van der Waals surface area contributed by atoms with E-state index < -0.39 is 0 Å². The molecule has 1 aliphatic heterocycles. The highest BCUT2D eigenvalue weighted by atomic mass is 16.5. The van der Waals surface area contributed by atoms with Crippen molar-refractivity contribution in [1.82, 2.24) is 5.32 Å². The fourth-order valence-corrected chi connectivity index (χ4v) is 1.74. The van der Waals surface area contributed by atoms with E-state index in [4.69, 9.17) is 9.47 Å². The van der Waals surface area contributed by atoms with Crippen molar-refractivity contribution in [1.29, 1.82) is 0 Å². The van der Waals surface area contributed by atoms with E-state index in [1.807, 2.05) is 0 Å². The molecule has 94 valence electrons. The first-order valence-electron chi connectivity index (χ1n) is 6.20. The molecule has 0 aromatic rings. The van der Waals surface area contributed by atoms with Gasteiger partial charge < -0.3 is 14.8 Å². The Balaban J connectivity index is 2.06. The van der Waals surface area contributed by atoms with Crippen molar-refractivity contribution in [3.05, 3.63) is 0 Å². The zero-order chi connectivity index (χ0) is 11.8. The molecule has 0 saturated carbocycles. The summed E-state index contributed by atoms with van der Waals surface area (Å²) in [5, 5.41) is 3.20. The van der Waals surface area contributed by atoms with Crippen molar-refractivity contribution in [3.63, 3.8) is 0 Å². The number of esters is 1. The van der Waals surface area contributed by atoms with Crippen LogP contribution in [0.1, 0.15) is 33.1 Å². The van der Waals surface area contributed by atoms with Crippen molar-refractivity contribution in [3.8, 4) is 0 Å². The van der Waals surface area contributed by atoms with Crippen molar-refractivity contribution in [2.24, 2.45) is 5.92 Å². The van der Waals surface area contributed by atoms with Crippen molar-refractivity contribution >= 4 is 5.97 Å². The van der Waals surface area contributed by atoms with E-state index in [-0.39, 0.29) is 5.97 Å². The zero-order valence-electron chi connectivity index (χ0n) is 10.3. The average molecular weight is 229 g/mol. The summed E-state index contributed by atoms with van der Waals surface area (Å²) in [7, 11) is 0. The molecule has 0 aromatic heterocycles. The summed E-state index contributed by atoms with van der Waals surface area (Å²) in [4.78, 5) is 11.3. The smallest absolute Gasteiger partial charge is 0.319 e. The summed E-state index contributed by atoms with van der Waals surface area (Å²) in [6.07, 6.45) is 3.08. The number of nitrogens with one attached hydrogen (secondary N) is 1. The number of unbranched alkanes of at least 4 members (excludes halogenated alkanes) is 1. The third-order valence-corrected chi connectivity index (χ3v) is 3.00. The fraction of sp³-hybridized carbons (Fsp3) is 0.917. The van der Waals surface area contributed by atoms with Crippen LogP contribution in [0.25, 0.3) is 0 Å². The zero-order valence-corrected chi connectivity index (χ0v) is 10.3. The Morgan fingerprint density at radius 1 is 1.62 bits per heavy atom. The van der Waals surface area contributed by atoms with Gasteiger partial charge in [-0.1, -0.05) is 13.3 Å². The number of carbonyl (C=O) groups is 1. The number of ether oxygens (including phenoxy) is 2. The molecule has 1 saturated heterocycles. The molecule has 0 aliphatic carbocycles. The second-order valence-electron chi connectivity index (χ2n) is 4.37. The predicted octanol–water partition coefficient (Wildman–Crippen LogP) is 1.34. The highest BCUT2D eigenvalue weighted by Gasteiger charge is 2.22. The third-order valence-electron chi connectivity index (χ3n) is 3.00. The van der Waals surface area contributed by atoms with Crippen molar-refractivity contribution < 1.29 is 14.3 Å². The molecule has 1 heterocycles. The maximum Gasteiger partial charge on any atom is 0.319 e. The SMILES string of the molecule is CCCCOC(=O)CNC(C)C1CCOC1. The first-order valence-corrected chi connectivity index (χ1v) is 6.20. The molecule has 0 radical (unpaired) electrons. The van der Waals surface area contributed by atoms with Crippen LogP contribution in [0.4, 0.5) is 0 Å². The Labute approximate surface area is 97.7 Å². The summed E-state index contributed by atoms with van der Waals surface area (Å²) in [6.45, 7) is 6.67. The van der Waals surface area contributed by atoms with Crippen LogP contribution in [-0.4, -0.2) is 38.4 Å². The topological polar surface area (TPSA) is 47.6 Å². The molecule has 1 aliphatic rings. The number of rotatable bonds is 7. The molecule has 0 bridgehead atoms. The van der Waals surface area contributed by atoms with Gasteiger partial charge in [0.1, 0.15) is 0 Å². The molecule has 1 N–H and O–H groups in total. The molecule has 0 amide bonds. The lowest BCUT2D eigenvalue weighted by Crippen LogP contribution is -2.37. The van der Waals surface area contributed by atoms with E-state index in [9.17, 15) is 4.79 Å². The van der Waals surface area contributed by atoms with Crippen LogP contribution >= 0.6 is 0 Å². The summed E-state index contributed by atoms with van der Waals surface area (Å²) in [6, 6.07) is 0.321. The van der Waals surface area contributed by atoms with Gasteiger partial charge in [-0.2, -0.15) is 0 Å². The normalized spacial score (nSPS) is 22.0. The van der Waals surface area contributed by atoms with Gasteiger partial charge in [-0.15, -0.1) is 0 Å². The van der Waals surface area contributed by atoms with Crippen molar-refractivity contribution in [2.45, 2.75) is 39.2 Å². The minimum atomic E-state index is -0.154. The fourth-order valence-electron chi connectivity index (χ4n) is 1.74. The number of hydrogen-bond donors (Lipinski definition) is 1. The molecule has 16 heavy (non-hydrogen) atoms. The molecule has 1 fully saturated rings. The Bertz CT molecular complexity index is 202. The molecule has 4 nitrogen and oxygen atoms in total. The second kappa shape index (κ2) is 7.63. The third kappa shape index (κ3) is 4.94. The standard InChI is InChI=1S/C12H23NO3/c1-3-4-6-16-12(14)8-13-10(2)11-5-7-15-9-11/h10-11,13H,3-9H2,1-2H3. The molecular weight excluding hydrogens is 206 g/mol. The van der Waals surface area contributed by atoms with Gasteiger partial charge in [0.15, 0.2) is 0 Å². The highest BCUT2D eigenvalue weighted by Crippen LogP contribution is 2.15. The van der Waals surface area contributed by atoms with Gasteiger partial charge in [0, 0.05) is 12.6 Å². The summed E-state index contributed by atoms with van der Waals surface area (Å²) in [5.74, 6) is 0.377. The van der Waals surface area contributed by atoms with Crippen LogP contribution in [0.5, 0.6) is 0 Å². The van der Waals surface area contributed by atoms with Crippen LogP contribution in [0.3, 0.4) is 0 Å². The minimum Gasteiger partial charge on any atom is -0.465 e. The molecule has 0 aromatic carbocycles. The largest absolute Gasteiger partial charge is 0.465 e. The Morgan fingerprint density at radius 3 is 3.06 bits per heavy atom. The second-order valence-corrected chi connectivity index (χ2v) is 4.37. The Hall–Kier alpha value is -0.610. The lowest BCUT2D eigenvalue weighted by Gasteiger charge is -2.18. The van der Waals surface area contributed by atoms with Gasteiger partial charge in [0.2, 0.25) is 0 Å². The Morgan fingerprint density at radius 2 is 2.44 bits per heavy atom. The molecule has 1 rings (SSSR count). The van der Waals surface area contributed by atoms with E-state index >= 15 is 0 Å². The highest BCUT2D eigenvalue weighted by molar-refractivity contribution is 5.71. The first kappa shape index (κ1) is 13.5. The van der Waals surface area contributed by atoms with Crippen LogP contribution < -0.4 is 5.32 Å². The van der Waals surface area contributed by atoms with Crippen LogP contribution in [-0.2, 0) is 14.3 Å². The minimum absolute atomic E-state index is 0.154. The lowest BCUT2D eigenvalue weighted by atomic mass is 10.0. The number of hydrogen-bond acceptors (Lipinski definition) is 4. The molecule has 4 heteroatoms. The van der Waals surface area contributed by atoms with Gasteiger partial charge in [-0.3, -0.25) is 4.79 Å². The van der Waals surface area contributed by atoms with Crippen molar-refractivity contribution in [2.75, 3.05) is 26.4 Å². The van der Waals surface area contributed by atoms with Crippen LogP contribution in [0, 0.1) is 5.92 Å². The molecule has 2 unspecified atom stereocenters. The van der Waals surface area contributed by atoms with Crippen LogP contribution in [0.2, 0.25) is 0 Å². The maximum atomic E-state index is 11.3. The maximum absolute atomic E-state index is 11.3. The van der Waals surface area contributed by atoms with Gasteiger partial charge in [0.25, 0.3) is 0 Å². The van der Waals surface area contributed by atoms with Gasteiger partial charge in [-0.05, 0) is 25.7 Å². The number of carbonyl (C=O) groups excluding carboxylic acids is 1. The quantitative estimate of drug-likeness (QED) is 0.529. The van der Waals surface area contributed by atoms with Gasteiger partial charge in [-0.25, -0.2) is 0 Å². The van der Waals surface area contributed by atoms with E-state index in [1.165, 1.54) is 0 Å². The molecule has 0 spiro atoms. The molecular formula is C12H23NO3. The van der Waals surface area contributed by atoms with E-state index in [2.05, 4.69) is 19.2 Å². The first-order chi connectivity index (χ1) is 7.74. The summed E-state index contributed by atoms with van der Waals surface area (Å²) >= 11 is 0. The molecule has 2 atom stereocenters. The summed E-state index contributed by atoms with van der Waals surface area (Å²) < 4.78 is 10.4. The monoisotopic (exact) mass is 229 g/mol. The van der Waals surface area contributed by atoms with E-state index in [1.54, 1.807) is 0 Å².